The zero-order valence-electron chi connectivity index (χ0n) is 9.06. The zero-order chi connectivity index (χ0) is 10.7. The van der Waals surface area contributed by atoms with E-state index in [1.54, 1.807) is 13.3 Å². The van der Waals surface area contributed by atoms with Gasteiger partial charge in [0, 0.05) is 12.8 Å². The fourth-order valence-corrected chi connectivity index (χ4v) is 1.78. The van der Waals surface area contributed by atoms with Crippen LogP contribution in [0.15, 0.2) is 18.3 Å². The molecular weight excluding hydrogens is 192 g/mol. The third-order valence-corrected chi connectivity index (χ3v) is 2.68. The average Bonchev–Trinajstić information content (AvgIpc) is 2.65. The molecule has 1 aliphatic rings. The van der Waals surface area contributed by atoms with E-state index in [1.807, 2.05) is 12.1 Å². The van der Waals surface area contributed by atoms with Gasteiger partial charge in [0.05, 0.1) is 24.9 Å². The third-order valence-electron chi connectivity index (χ3n) is 2.68. The van der Waals surface area contributed by atoms with Gasteiger partial charge in [-0.1, -0.05) is 0 Å². The van der Waals surface area contributed by atoms with Crippen LogP contribution in [0.2, 0.25) is 0 Å². The van der Waals surface area contributed by atoms with E-state index in [1.165, 1.54) is 0 Å². The van der Waals surface area contributed by atoms with E-state index in [0.717, 1.165) is 18.7 Å². The van der Waals surface area contributed by atoms with Crippen LogP contribution in [0, 0.1) is 0 Å². The molecule has 4 nitrogen and oxygen atoms in total. The number of rotatable bonds is 3. The highest BCUT2D eigenvalue weighted by atomic mass is 16.5. The molecule has 1 N–H and O–H groups in total. The smallest absolute Gasteiger partial charge is 0.237 e. The van der Waals surface area contributed by atoms with Crippen molar-refractivity contribution in [1.82, 2.24) is 4.98 Å². The Balaban J connectivity index is 2.09. The molecule has 2 rings (SSSR count). The van der Waals surface area contributed by atoms with Crippen molar-refractivity contribution < 1.29 is 9.47 Å². The molecule has 15 heavy (non-hydrogen) atoms. The molecule has 82 valence electrons. The van der Waals surface area contributed by atoms with Crippen molar-refractivity contribution in [2.24, 2.45) is 0 Å². The first-order valence-corrected chi connectivity index (χ1v) is 5.18. The number of ether oxygens (including phenoxy) is 2. The number of methoxy groups -OCH3 is 1. The Bertz CT molecular complexity index is 330. The van der Waals surface area contributed by atoms with Crippen LogP contribution in [-0.2, 0) is 4.74 Å². The number of aromatic nitrogens is 1. The minimum absolute atomic E-state index is 0.245. The highest BCUT2D eigenvalue weighted by Crippen LogP contribution is 2.24. The van der Waals surface area contributed by atoms with Gasteiger partial charge in [0.25, 0.3) is 0 Å². The standard InChI is InChI=1S/C11H16N2O2/c1-8-9(5-7-15-8)13-10-4-3-6-12-11(10)14-2/h3-4,6,8-9,13H,5,7H2,1-2H3/t8-,9-/m0/s1. The van der Waals surface area contributed by atoms with Crippen LogP contribution in [0.25, 0.3) is 0 Å². The average molecular weight is 208 g/mol. The monoisotopic (exact) mass is 208 g/mol. The van der Waals surface area contributed by atoms with Crippen molar-refractivity contribution in [3.8, 4) is 5.88 Å². The van der Waals surface area contributed by atoms with E-state index >= 15 is 0 Å². The maximum absolute atomic E-state index is 5.49. The lowest BCUT2D eigenvalue weighted by Gasteiger charge is -2.18. The quantitative estimate of drug-likeness (QED) is 0.820. The molecule has 0 radical (unpaired) electrons. The molecular formula is C11H16N2O2. The molecule has 2 atom stereocenters. The first kappa shape index (κ1) is 10.2. The lowest BCUT2D eigenvalue weighted by atomic mass is 10.1. The molecule has 2 heterocycles. The van der Waals surface area contributed by atoms with Gasteiger partial charge in [-0.05, 0) is 25.5 Å². The number of hydrogen-bond donors (Lipinski definition) is 1. The van der Waals surface area contributed by atoms with Gasteiger partial charge >= 0.3 is 0 Å². The van der Waals surface area contributed by atoms with Crippen molar-refractivity contribution in [2.45, 2.75) is 25.5 Å². The largest absolute Gasteiger partial charge is 0.480 e. The fraction of sp³-hybridized carbons (Fsp3) is 0.545. The summed E-state index contributed by atoms with van der Waals surface area (Å²) in [7, 11) is 1.63. The maximum atomic E-state index is 5.49. The highest BCUT2D eigenvalue weighted by Gasteiger charge is 2.24. The van der Waals surface area contributed by atoms with Crippen molar-refractivity contribution in [3.05, 3.63) is 18.3 Å². The Kier molecular flexibility index (Phi) is 3.06. The van der Waals surface area contributed by atoms with Gasteiger partial charge in [-0.2, -0.15) is 0 Å². The van der Waals surface area contributed by atoms with E-state index in [2.05, 4.69) is 17.2 Å². The van der Waals surface area contributed by atoms with E-state index in [4.69, 9.17) is 9.47 Å². The molecule has 0 amide bonds. The fourth-order valence-electron chi connectivity index (χ4n) is 1.78. The Morgan fingerprint density at radius 2 is 2.47 bits per heavy atom. The predicted molar refractivity (Wildman–Crippen MR) is 58.2 cm³/mol. The van der Waals surface area contributed by atoms with Crippen LogP contribution in [0.3, 0.4) is 0 Å². The summed E-state index contributed by atoms with van der Waals surface area (Å²) in [6, 6.07) is 4.21. The molecule has 0 aliphatic carbocycles. The molecule has 1 aromatic rings. The van der Waals surface area contributed by atoms with Crippen LogP contribution in [0.4, 0.5) is 5.69 Å². The van der Waals surface area contributed by atoms with E-state index in [9.17, 15) is 0 Å². The Hall–Kier alpha value is -1.29. The van der Waals surface area contributed by atoms with Crippen LogP contribution in [0.1, 0.15) is 13.3 Å². The summed E-state index contributed by atoms with van der Waals surface area (Å²) < 4.78 is 10.7. The number of pyridine rings is 1. The molecule has 0 spiro atoms. The Morgan fingerprint density at radius 1 is 1.60 bits per heavy atom. The maximum Gasteiger partial charge on any atom is 0.237 e. The van der Waals surface area contributed by atoms with Gasteiger partial charge in [-0.3, -0.25) is 0 Å². The summed E-state index contributed by atoms with van der Waals surface area (Å²) >= 11 is 0. The lowest BCUT2D eigenvalue weighted by molar-refractivity contribution is 0.121. The van der Waals surface area contributed by atoms with Crippen molar-refractivity contribution >= 4 is 5.69 Å². The number of nitrogens with zero attached hydrogens (tertiary/aromatic N) is 1. The molecule has 1 fully saturated rings. The van der Waals surface area contributed by atoms with Crippen LogP contribution in [-0.4, -0.2) is 30.8 Å². The minimum atomic E-state index is 0.245. The summed E-state index contributed by atoms with van der Waals surface area (Å²) in [5, 5.41) is 3.40. The second kappa shape index (κ2) is 4.49. The molecule has 0 bridgehead atoms. The van der Waals surface area contributed by atoms with Gasteiger partial charge in [0.15, 0.2) is 0 Å². The molecule has 0 aromatic carbocycles. The van der Waals surface area contributed by atoms with Crippen LogP contribution >= 0.6 is 0 Å². The van der Waals surface area contributed by atoms with E-state index in [-0.39, 0.29) is 6.10 Å². The van der Waals surface area contributed by atoms with E-state index < -0.39 is 0 Å². The van der Waals surface area contributed by atoms with Crippen molar-refractivity contribution in [2.75, 3.05) is 19.0 Å². The highest BCUT2D eigenvalue weighted by molar-refractivity contribution is 5.52. The summed E-state index contributed by atoms with van der Waals surface area (Å²) in [5.41, 5.74) is 0.933. The number of anilines is 1. The van der Waals surface area contributed by atoms with Gasteiger partial charge in [-0.15, -0.1) is 0 Å². The molecule has 0 unspecified atom stereocenters. The van der Waals surface area contributed by atoms with Crippen LogP contribution in [0.5, 0.6) is 5.88 Å². The zero-order valence-corrected chi connectivity index (χ0v) is 9.06. The molecule has 0 saturated carbocycles. The van der Waals surface area contributed by atoms with Crippen molar-refractivity contribution in [1.29, 1.82) is 0 Å². The Morgan fingerprint density at radius 3 is 3.13 bits per heavy atom. The number of hydrogen-bond acceptors (Lipinski definition) is 4. The van der Waals surface area contributed by atoms with Crippen molar-refractivity contribution in [3.63, 3.8) is 0 Å². The second-order valence-corrected chi connectivity index (χ2v) is 3.68. The first-order chi connectivity index (χ1) is 7.31. The summed E-state index contributed by atoms with van der Waals surface area (Å²) in [4.78, 5) is 4.14. The first-order valence-electron chi connectivity index (χ1n) is 5.18. The Labute approximate surface area is 89.6 Å². The molecule has 1 aromatic heterocycles. The number of nitrogens with one attached hydrogen (secondary N) is 1. The predicted octanol–water partition coefficient (Wildman–Crippen LogP) is 1.68. The minimum Gasteiger partial charge on any atom is -0.480 e. The summed E-state index contributed by atoms with van der Waals surface area (Å²) in [5.74, 6) is 0.636. The SMILES string of the molecule is COc1ncccc1N[C@H]1CCO[C@H]1C. The molecule has 1 saturated heterocycles. The topological polar surface area (TPSA) is 43.4 Å². The summed E-state index contributed by atoms with van der Waals surface area (Å²) in [6.45, 7) is 2.90. The lowest BCUT2D eigenvalue weighted by Crippen LogP contribution is -2.26. The van der Waals surface area contributed by atoms with E-state index in [0.29, 0.717) is 11.9 Å². The van der Waals surface area contributed by atoms with Crippen LogP contribution < -0.4 is 10.1 Å². The van der Waals surface area contributed by atoms with Gasteiger partial charge < -0.3 is 14.8 Å². The molecule has 4 heteroatoms. The summed E-state index contributed by atoms with van der Waals surface area (Å²) in [6.07, 6.45) is 2.99. The van der Waals surface area contributed by atoms with Gasteiger partial charge in [-0.25, -0.2) is 4.98 Å². The molecule has 1 aliphatic heterocycles. The van der Waals surface area contributed by atoms with Gasteiger partial charge in [0.1, 0.15) is 0 Å². The normalized spacial score (nSPS) is 25.2. The van der Waals surface area contributed by atoms with Gasteiger partial charge in [0.2, 0.25) is 5.88 Å². The second-order valence-electron chi connectivity index (χ2n) is 3.68. The third kappa shape index (κ3) is 2.21.